The molecular formula is C16H20N6O2. The Kier molecular flexibility index (Phi) is 3.51. The number of hydrogen-bond donors (Lipinski definition) is 4. The predicted molar refractivity (Wildman–Crippen MR) is 89.5 cm³/mol. The van der Waals surface area contributed by atoms with Crippen LogP contribution in [0.4, 0.5) is 11.6 Å². The minimum Gasteiger partial charge on any atom is -0.367 e. The fourth-order valence-corrected chi connectivity index (χ4v) is 3.60. The van der Waals surface area contributed by atoms with E-state index in [0.717, 1.165) is 35.5 Å². The van der Waals surface area contributed by atoms with Crippen molar-refractivity contribution in [2.45, 2.75) is 38.3 Å². The highest BCUT2D eigenvalue weighted by Crippen LogP contribution is 2.42. The Morgan fingerprint density at radius 1 is 1.29 bits per heavy atom. The van der Waals surface area contributed by atoms with Crippen LogP contribution in [0.15, 0.2) is 12.3 Å². The van der Waals surface area contributed by atoms with Gasteiger partial charge < -0.3 is 20.9 Å². The van der Waals surface area contributed by atoms with E-state index in [9.17, 15) is 9.59 Å². The lowest BCUT2D eigenvalue weighted by molar-refractivity contribution is -0.135. The Bertz CT molecular complexity index is 800. The molecule has 8 heteroatoms. The Labute approximate surface area is 139 Å². The quantitative estimate of drug-likeness (QED) is 0.629. The van der Waals surface area contributed by atoms with Crippen molar-refractivity contribution >= 4 is 23.5 Å². The van der Waals surface area contributed by atoms with Gasteiger partial charge in [-0.25, -0.2) is 0 Å². The second-order valence-corrected chi connectivity index (χ2v) is 6.21. The molecule has 126 valence electrons. The molecule has 4 N–H and O–H groups in total. The maximum absolute atomic E-state index is 12.0. The van der Waals surface area contributed by atoms with E-state index in [4.69, 9.17) is 0 Å². The van der Waals surface area contributed by atoms with Gasteiger partial charge in [-0.1, -0.05) is 12.8 Å². The Balaban J connectivity index is 1.78. The second-order valence-electron chi connectivity index (χ2n) is 6.21. The lowest BCUT2D eigenvalue weighted by atomic mass is 10.0. The van der Waals surface area contributed by atoms with E-state index in [1.165, 1.54) is 19.9 Å². The molecule has 0 unspecified atom stereocenters. The van der Waals surface area contributed by atoms with Crippen LogP contribution < -0.4 is 16.0 Å². The number of fused-ring (bicyclic) bond motifs is 3. The zero-order valence-electron chi connectivity index (χ0n) is 13.5. The summed E-state index contributed by atoms with van der Waals surface area (Å²) in [7, 11) is 1.43. The number of nitrogens with zero attached hydrogens (tertiary/aromatic N) is 2. The van der Waals surface area contributed by atoms with E-state index in [1.54, 1.807) is 0 Å². The summed E-state index contributed by atoms with van der Waals surface area (Å²) in [5, 5.41) is 12.9. The lowest BCUT2D eigenvalue weighted by Gasteiger charge is -2.19. The number of amides is 2. The maximum atomic E-state index is 12.0. The number of likely N-dealkylation sites (N-methyl/N-ethyl adjacent to an activating group) is 1. The monoisotopic (exact) mass is 328 g/mol. The van der Waals surface area contributed by atoms with Gasteiger partial charge in [0.1, 0.15) is 5.82 Å². The molecule has 2 aromatic rings. The van der Waals surface area contributed by atoms with Gasteiger partial charge in [-0.05, 0) is 18.9 Å². The van der Waals surface area contributed by atoms with E-state index in [0.29, 0.717) is 18.4 Å². The third-order valence-corrected chi connectivity index (χ3v) is 4.79. The van der Waals surface area contributed by atoms with Crippen molar-refractivity contribution < 1.29 is 9.59 Å². The van der Waals surface area contributed by atoms with Crippen molar-refractivity contribution in [2.24, 2.45) is 0 Å². The smallest absolute Gasteiger partial charge is 0.314 e. The molecule has 8 nitrogen and oxygen atoms in total. The molecule has 1 aliphatic carbocycles. The molecule has 2 aliphatic rings. The highest BCUT2D eigenvalue weighted by Gasteiger charge is 2.31. The number of H-pyrrole nitrogens is 1. The first-order chi connectivity index (χ1) is 11.7. The van der Waals surface area contributed by atoms with Gasteiger partial charge >= 0.3 is 11.8 Å². The average molecular weight is 328 g/mol. The number of aromatic nitrogens is 3. The standard InChI is InChI=1S/C16H20N6O2/c1-17-15(23)16(24)20-14-11-8-19-13-10(6-7-18-13)12(11)22(21-14)9-4-2-3-5-9/h6-7,9,18-19H,2-5,8H2,1H3,(H,17,23)(H,20,21,24). The summed E-state index contributed by atoms with van der Waals surface area (Å²) in [6.07, 6.45) is 6.45. The van der Waals surface area contributed by atoms with E-state index in [1.807, 2.05) is 16.9 Å². The fraction of sp³-hybridized carbons (Fsp3) is 0.438. The largest absolute Gasteiger partial charge is 0.367 e. The Morgan fingerprint density at radius 3 is 2.83 bits per heavy atom. The minimum absolute atomic E-state index is 0.338. The molecule has 0 atom stereocenters. The molecule has 2 amide bonds. The van der Waals surface area contributed by atoms with Crippen LogP contribution in [0.1, 0.15) is 37.3 Å². The summed E-state index contributed by atoms with van der Waals surface area (Å²) in [6.45, 7) is 0.554. The first kappa shape index (κ1) is 14.8. The summed E-state index contributed by atoms with van der Waals surface area (Å²) < 4.78 is 2.04. The van der Waals surface area contributed by atoms with Gasteiger partial charge in [0, 0.05) is 30.9 Å². The highest BCUT2D eigenvalue weighted by molar-refractivity contribution is 6.39. The Hall–Kier alpha value is -2.77. The van der Waals surface area contributed by atoms with Crippen LogP contribution in [0.25, 0.3) is 11.3 Å². The van der Waals surface area contributed by atoms with E-state index in [2.05, 4.69) is 26.0 Å². The van der Waals surface area contributed by atoms with E-state index >= 15 is 0 Å². The van der Waals surface area contributed by atoms with Crippen LogP contribution in [-0.4, -0.2) is 33.6 Å². The molecule has 1 fully saturated rings. The maximum Gasteiger partial charge on any atom is 0.314 e. The summed E-state index contributed by atoms with van der Waals surface area (Å²) >= 11 is 0. The summed E-state index contributed by atoms with van der Waals surface area (Å²) in [5.74, 6) is 0.0529. The molecule has 0 radical (unpaired) electrons. The molecule has 4 rings (SSSR count). The number of carbonyl (C=O) groups excluding carboxylic acids is 2. The van der Waals surface area contributed by atoms with Gasteiger partial charge in [0.15, 0.2) is 5.82 Å². The van der Waals surface area contributed by atoms with Gasteiger partial charge in [-0.2, -0.15) is 5.10 Å². The molecule has 0 aromatic carbocycles. The SMILES string of the molecule is CNC(=O)C(=O)Nc1nn(C2CCCC2)c2c1CNc1[nH]ccc1-2. The van der Waals surface area contributed by atoms with Crippen molar-refractivity contribution in [3.05, 3.63) is 17.8 Å². The van der Waals surface area contributed by atoms with Crippen LogP contribution >= 0.6 is 0 Å². The zero-order valence-corrected chi connectivity index (χ0v) is 13.5. The number of carbonyl (C=O) groups is 2. The fourth-order valence-electron chi connectivity index (χ4n) is 3.60. The van der Waals surface area contributed by atoms with Crippen molar-refractivity contribution in [2.75, 3.05) is 17.7 Å². The van der Waals surface area contributed by atoms with E-state index in [-0.39, 0.29) is 0 Å². The first-order valence-corrected chi connectivity index (χ1v) is 8.25. The van der Waals surface area contributed by atoms with Crippen LogP contribution in [0.5, 0.6) is 0 Å². The molecular weight excluding hydrogens is 308 g/mol. The molecule has 0 saturated heterocycles. The predicted octanol–water partition coefficient (Wildman–Crippen LogP) is 1.60. The van der Waals surface area contributed by atoms with Gasteiger partial charge in [-0.15, -0.1) is 0 Å². The molecule has 0 spiro atoms. The topological polar surface area (TPSA) is 104 Å². The van der Waals surface area contributed by atoms with E-state index < -0.39 is 11.8 Å². The molecule has 1 saturated carbocycles. The summed E-state index contributed by atoms with van der Waals surface area (Å²) in [4.78, 5) is 26.7. The van der Waals surface area contributed by atoms with Crippen molar-refractivity contribution in [1.82, 2.24) is 20.1 Å². The third kappa shape index (κ3) is 2.26. The van der Waals surface area contributed by atoms with Crippen molar-refractivity contribution in [3.8, 4) is 11.3 Å². The number of aromatic amines is 1. The lowest BCUT2D eigenvalue weighted by Crippen LogP contribution is -2.33. The normalized spacial score (nSPS) is 16.2. The number of nitrogens with one attached hydrogen (secondary N) is 4. The van der Waals surface area contributed by atoms with Gasteiger partial charge in [0.25, 0.3) is 0 Å². The Morgan fingerprint density at radius 2 is 2.08 bits per heavy atom. The molecule has 3 heterocycles. The van der Waals surface area contributed by atoms with Gasteiger partial charge in [-0.3, -0.25) is 14.3 Å². The van der Waals surface area contributed by atoms with Gasteiger partial charge in [0.05, 0.1) is 11.7 Å². The van der Waals surface area contributed by atoms with Gasteiger partial charge in [0.2, 0.25) is 0 Å². The number of hydrogen-bond acceptors (Lipinski definition) is 4. The van der Waals surface area contributed by atoms with Crippen LogP contribution in [-0.2, 0) is 16.1 Å². The van der Waals surface area contributed by atoms with Crippen LogP contribution in [0.3, 0.4) is 0 Å². The van der Waals surface area contributed by atoms with Crippen LogP contribution in [0, 0.1) is 0 Å². The van der Waals surface area contributed by atoms with Crippen LogP contribution in [0.2, 0.25) is 0 Å². The second kappa shape index (κ2) is 5.70. The third-order valence-electron chi connectivity index (χ3n) is 4.79. The molecule has 0 bridgehead atoms. The first-order valence-electron chi connectivity index (χ1n) is 8.25. The average Bonchev–Trinajstić information content (AvgIpc) is 3.32. The highest BCUT2D eigenvalue weighted by atomic mass is 16.2. The minimum atomic E-state index is -0.698. The zero-order chi connectivity index (χ0) is 16.7. The molecule has 24 heavy (non-hydrogen) atoms. The van der Waals surface area contributed by atoms with Crippen molar-refractivity contribution in [1.29, 1.82) is 0 Å². The number of anilines is 2. The summed E-state index contributed by atoms with van der Waals surface area (Å²) in [6, 6.07) is 2.35. The van der Waals surface area contributed by atoms with Crippen molar-refractivity contribution in [3.63, 3.8) is 0 Å². The molecule has 2 aromatic heterocycles. The number of rotatable bonds is 2. The molecule has 1 aliphatic heterocycles. The summed E-state index contributed by atoms with van der Waals surface area (Å²) in [5.41, 5.74) is 3.01.